The van der Waals surface area contributed by atoms with Crippen molar-refractivity contribution in [2.45, 2.75) is 6.61 Å². The predicted octanol–water partition coefficient (Wildman–Crippen LogP) is 4.84. The van der Waals surface area contributed by atoms with Gasteiger partial charge in [-0.25, -0.2) is 0 Å². The molecule has 23 heavy (non-hydrogen) atoms. The zero-order valence-corrected chi connectivity index (χ0v) is 12.4. The monoisotopic (exact) mass is 305 g/mol. The molecular weight excluding hydrogens is 290 g/mol. The maximum absolute atomic E-state index is 10.6. The van der Waals surface area contributed by atoms with Crippen molar-refractivity contribution in [3.8, 4) is 16.9 Å². The van der Waals surface area contributed by atoms with Gasteiger partial charge in [0, 0.05) is 12.1 Å². The van der Waals surface area contributed by atoms with Gasteiger partial charge in [0.1, 0.15) is 12.4 Å². The number of hydrogen-bond donors (Lipinski definition) is 0. The average Bonchev–Trinajstić information content (AvgIpc) is 2.61. The Labute approximate surface area is 134 Å². The molecule has 3 aromatic carbocycles. The number of nitro benzene ring substituents is 1. The highest BCUT2D eigenvalue weighted by Crippen LogP contribution is 2.22. The highest BCUT2D eigenvalue weighted by molar-refractivity contribution is 5.63. The molecule has 0 saturated carbocycles. The molecule has 3 rings (SSSR count). The minimum Gasteiger partial charge on any atom is -0.489 e. The summed E-state index contributed by atoms with van der Waals surface area (Å²) in [5.41, 5.74) is 3.27. The number of benzene rings is 3. The van der Waals surface area contributed by atoms with Crippen LogP contribution in [0.1, 0.15) is 5.56 Å². The SMILES string of the molecule is O=[N+]([O-])c1ccc(COc2ccc(-c3ccccc3)cc2)cc1. The van der Waals surface area contributed by atoms with Crippen LogP contribution in [0.15, 0.2) is 78.9 Å². The van der Waals surface area contributed by atoms with Crippen LogP contribution in [0, 0.1) is 10.1 Å². The van der Waals surface area contributed by atoms with Crippen LogP contribution in [-0.4, -0.2) is 4.92 Å². The Hall–Kier alpha value is -3.14. The van der Waals surface area contributed by atoms with Gasteiger partial charge in [0.15, 0.2) is 0 Å². The molecule has 0 unspecified atom stereocenters. The maximum Gasteiger partial charge on any atom is 0.269 e. The molecule has 0 N–H and O–H groups in total. The van der Waals surface area contributed by atoms with Crippen molar-refractivity contribution < 1.29 is 9.66 Å². The second-order valence-corrected chi connectivity index (χ2v) is 5.10. The number of ether oxygens (including phenoxy) is 1. The highest BCUT2D eigenvalue weighted by atomic mass is 16.6. The summed E-state index contributed by atoms with van der Waals surface area (Å²) in [5, 5.41) is 10.6. The summed E-state index contributed by atoms with van der Waals surface area (Å²) >= 11 is 0. The van der Waals surface area contributed by atoms with Gasteiger partial charge in [-0.05, 0) is 41.0 Å². The van der Waals surface area contributed by atoms with Crippen LogP contribution in [0.5, 0.6) is 5.75 Å². The molecular formula is C19H15NO3. The largest absolute Gasteiger partial charge is 0.489 e. The molecule has 0 aromatic heterocycles. The lowest BCUT2D eigenvalue weighted by Gasteiger charge is -2.07. The van der Waals surface area contributed by atoms with Gasteiger partial charge in [0.2, 0.25) is 0 Å². The first-order valence-electron chi connectivity index (χ1n) is 7.24. The normalized spacial score (nSPS) is 10.3. The van der Waals surface area contributed by atoms with E-state index in [0.29, 0.717) is 6.61 Å². The van der Waals surface area contributed by atoms with Crippen molar-refractivity contribution in [1.29, 1.82) is 0 Å². The molecule has 0 atom stereocenters. The first kappa shape index (κ1) is 14.8. The number of nitro groups is 1. The van der Waals surface area contributed by atoms with Crippen LogP contribution >= 0.6 is 0 Å². The molecule has 0 fully saturated rings. The van der Waals surface area contributed by atoms with Gasteiger partial charge in [0.05, 0.1) is 4.92 Å². The third kappa shape index (κ3) is 3.74. The van der Waals surface area contributed by atoms with Crippen LogP contribution in [0.3, 0.4) is 0 Å². The first-order chi connectivity index (χ1) is 11.2. The molecule has 3 aromatic rings. The van der Waals surface area contributed by atoms with Crippen LogP contribution < -0.4 is 4.74 Å². The van der Waals surface area contributed by atoms with E-state index < -0.39 is 4.92 Å². The highest BCUT2D eigenvalue weighted by Gasteiger charge is 2.04. The molecule has 0 aliphatic rings. The van der Waals surface area contributed by atoms with Crippen LogP contribution in [-0.2, 0) is 6.61 Å². The fourth-order valence-electron chi connectivity index (χ4n) is 2.25. The van der Waals surface area contributed by atoms with Crippen molar-refractivity contribution >= 4 is 5.69 Å². The fraction of sp³-hybridized carbons (Fsp3) is 0.0526. The van der Waals surface area contributed by atoms with Gasteiger partial charge in [-0.3, -0.25) is 10.1 Å². The Morgan fingerprint density at radius 1 is 0.783 bits per heavy atom. The fourth-order valence-corrected chi connectivity index (χ4v) is 2.25. The molecule has 4 nitrogen and oxygen atoms in total. The van der Waals surface area contributed by atoms with Crippen LogP contribution in [0.2, 0.25) is 0 Å². The van der Waals surface area contributed by atoms with Crippen molar-refractivity contribution in [2.75, 3.05) is 0 Å². The second-order valence-electron chi connectivity index (χ2n) is 5.10. The lowest BCUT2D eigenvalue weighted by molar-refractivity contribution is -0.384. The molecule has 0 bridgehead atoms. The Morgan fingerprint density at radius 2 is 1.39 bits per heavy atom. The minimum atomic E-state index is -0.410. The number of non-ortho nitro benzene ring substituents is 1. The summed E-state index contributed by atoms with van der Waals surface area (Å²) in [4.78, 5) is 10.2. The van der Waals surface area contributed by atoms with E-state index in [9.17, 15) is 10.1 Å². The molecule has 0 radical (unpaired) electrons. The van der Waals surface area contributed by atoms with Crippen molar-refractivity contribution in [3.05, 3.63) is 94.5 Å². The molecule has 0 saturated heterocycles. The minimum absolute atomic E-state index is 0.0842. The van der Waals surface area contributed by atoms with Crippen molar-refractivity contribution in [2.24, 2.45) is 0 Å². The summed E-state index contributed by atoms with van der Waals surface area (Å²) in [5.74, 6) is 0.767. The number of hydrogen-bond acceptors (Lipinski definition) is 3. The zero-order chi connectivity index (χ0) is 16.1. The van der Waals surface area contributed by atoms with Crippen LogP contribution in [0.4, 0.5) is 5.69 Å². The third-order valence-electron chi connectivity index (χ3n) is 3.51. The van der Waals surface area contributed by atoms with Crippen LogP contribution in [0.25, 0.3) is 11.1 Å². The van der Waals surface area contributed by atoms with E-state index in [1.165, 1.54) is 12.1 Å². The van der Waals surface area contributed by atoms with Gasteiger partial charge in [0.25, 0.3) is 5.69 Å². The predicted molar refractivity (Wildman–Crippen MR) is 89.3 cm³/mol. The van der Waals surface area contributed by atoms with Crippen molar-refractivity contribution in [3.63, 3.8) is 0 Å². The van der Waals surface area contributed by atoms with E-state index in [1.54, 1.807) is 12.1 Å². The topological polar surface area (TPSA) is 52.4 Å². The van der Waals surface area contributed by atoms with E-state index in [1.807, 2.05) is 42.5 Å². The lowest BCUT2D eigenvalue weighted by atomic mass is 10.1. The summed E-state index contributed by atoms with van der Waals surface area (Å²) in [7, 11) is 0. The van der Waals surface area contributed by atoms with Gasteiger partial charge >= 0.3 is 0 Å². The lowest BCUT2D eigenvalue weighted by Crippen LogP contribution is -1.96. The Morgan fingerprint density at radius 3 is 2.00 bits per heavy atom. The zero-order valence-electron chi connectivity index (χ0n) is 12.4. The standard InChI is InChI=1S/C19H15NO3/c21-20(22)18-10-6-15(7-11-18)14-23-19-12-8-17(9-13-19)16-4-2-1-3-5-16/h1-13H,14H2. The average molecular weight is 305 g/mol. The van der Waals surface area contributed by atoms with E-state index in [4.69, 9.17) is 4.74 Å². The van der Waals surface area contributed by atoms with Gasteiger partial charge < -0.3 is 4.74 Å². The molecule has 114 valence electrons. The summed E-state index contributed by atoms with van der Waals surface area (Å²) in [6, 6.07) is 24.4. The smallest absolute Gasteiger partial charge is 0.269 e. The molecule has 0 spiro atoms. The Balaban J connectivity index is 1.63. The van der Waals surface area contributed by atoms with Gasteiger partial charge in [-0.15, -0.1) is 0 Å². The van der Waals surface area contributed by atoms with Gasteiger partial charge in [-0.1, -0.05) is 42.5 Å². The van der Waals surface area contributed by atoms with E-state index in [0.717, 1.165) is 22.4 Å². The Kier molecular flexibility index (Phi) is 4.34. The first-order valence-corrected chi connectivity index (χ1v) is 7.24. The molecule has 0 aliphatic carbocycles. The molecule has 0 heterocycles. The quantitative estimate of drug-likeness (QED) is 0.500. The number of nitrogens with zero attached hydrogens (tertiary/aromatic N) is 1. The number of rotatable bonds is 5. The van der Waals surface area contributed by atoms with Crippen molar-refractivity contribution in [1.82, 2.24) is 0 Å². The summed E-state index contributed by atoms with van der Waals surface area (Å²) < 4.78 is 5.71. The molecule has 0 amide bonds. The second kappa shape index (κ2) is 6.75. The Bertz CT molecular complexity index is 781. The summed E-state index contributed by atoms with van der Waals surface area (Å²) in [6.45, 7) is 0.378. The van der Waals surface area contributed by atoms with E-state index in [2.05, 4.69) is 12.1 Å². The van der Waals surface area contributed by atoms with E-state index in [-0.39, 0.29) is 5.69 Å². The molecule has 4 heteroatoms. The molecule has 0 aliphatic heterocycles. The summed E-state index contributed by atoms with van der Waals surface area (Å²) in [6.07, 6.45) is 0. The van der Waals surface area contributed by atoms with E-state index >= 15 is 0 Å². The van der Waals surface area contributed by atoms with Gasteiger partial charge in [-0.2, -0.15) is 0 Å². The third-order valence-corrected chi connectivity index (χ3v) is 3.51. The maximum atomic E-state index is 10.6.